The molecule has 23 heavy (non-hydrogen) atoms. The van der Waals surface area contributed by atoms with Gasteiger partial charge in [-0.05, 0) is 49.7 Å². The summed E-state index contributed by atoms with van der Waals surface area (Å²) >= 11 is 12.0. The van der Waals surface area contributed by atoms with E-state index in [0.29, 0.717) is 33.8 Å². The number of rotatable bonds is 6. The molecule has 0 saturated carbocycles. The van der Waals surface area contributed by atoms with Gasteiger partial charge in [0.05, 0.1) is 17.3 Å². The maximum absolute atomic E-state index is 12.1. The zero-order chi connectivity index (χ0) is 16.8. The summed E-state index contributed by atoms with van der Waals surface area (Å²) in [5.41, 5.74) is 1.38. The Morgan fingerprint density at radius 3 is 2.65 bits per heavy atom. The van der Waals surface area contributed by atoms with E-state index in [4.69, 9.17) is 32.7 Å². The first kappa shape index (κ1) is 17.4. The molecule has 0 spiro atoms. The topological polar surface area (TPSA) is 47.6 Å². The maximum atomic E-state index is 12.1. The van der Waals surface area contributed by atoms with E-state index in [0.717, 1.165) is 5.56 Å². The molecule has 0 fully saturated rings. The molecular weight excluding hydrogens is 337 g/mol. The molecule has 4 nitrogen and oxygen atoms in total. The molecule has 0 aliphatic carbocycles. The average molecular weight is 354 g/mol. The van der Waals surface area contributed by atoms with Gasteiger partial charge in [-0.15, -0.1) is 0 Å². The second kappa shape index (κ2) is 8.09. The fourth-order valence-electron chi connectivity index (χ4n) is 2.00. The van der Waals surface area contributed by atoms with Crippen LogP contribution < -0.4 is 14.8 Å². The molecule has 2 rings (SSSR count). The summed E-state index contributed by atoms with van der Waals surface area (Å²) in [5, 5.41) is 3.81. The van der Waals surface area contributed by atoms with Crippen molar-refractivity contribution in [2.75, 3.05) is 18.5 Å². The number of hydrogen-bond donors (Lipinski definition) is 1. The number of nitrogens with one attached hydrogen (secondary N) is 1. The largest absolute Gasteiger partial charge is 0.490 e. The minimum absolute atomic E-state index is 0.124. The molecule has 0 aromatic heterocycles. The Balaban J connectivity index is 2.01. The first-order valence-corrected chi connectivity index (χ1v) is 7.87. The van der Waals surface area contributed by atoms with E-state index >= 15 is 0 Å². The highest BCUT2D eigenvalue weighted by atomic mass is 35.5. The van der Waals surface area contributed by atoms with E-state index in [-0.39, 0.29) is 12.5 Å². The van der Waals surface area contributed by atoms with Gasteiger partial charge in [0.2, 0.25) is 0 Å². The SMILES string of the molecule is CCOc1c(Cl)cccc1NC(=O)COc1ccc(Cl)cc1C. The van der Waals surface area contributed by atoms with Crippen molar-refractivity contribution in [1.82, 2.24) is 0 Å². The van der Waals surface area contributed by atoms with Crippen LogP contribution in [0.1, 0.15) is 12.5 Å². The third kappa shape index (κ3) is 4.78. The zero-order valence-corrected chi connectivity index (χ0v) is 14.4. The normalized spacial score (nSPS) is 10.3. The van der Waals surface area contributed by atoms with Gasteiger partial charge in [0.15, 0.2) is 12.4 Å². The lowest BCUT2D eigenvalue weighted by Gasteiger charge is -2.13. The smallest absolute Gasteiger partial charge is 0.262 e. The zero-order valence-electron chi connectivity index (χ0n) is 12.9. The highest BCUT2D eigenvalue weighted by Crippen LogP contribution is 2.32. The minimum Gasteiger partial charge on any atom is -0.490 e. The molecule has 6 heteroatoms. The highest BCUT2D eigenvalue weighted by molar-refractivity contribution is 6.32. The van der Waals surface area contributed by atoms with Crippen LogP contribution in [0.5, 0.6) is 11.5 Å². The molecule has 0 unspecified atom stereocenters. The first-order chi connectivity index (χ1) is 11.0. The highest BCUT2D eigenvalue weighted by Gasteiger charge is 2.12. The number of carbonyl (C=O) groups excluding carboxylic acids is 1. The average Bonchev–Trinajstić information content (AvgIpc) is 2.50. The van der Waals surface area contributed by atoms with E-state index in [2.05, 4.69) is 5.32 Å². The number of amides is 1. The van der Waals surface area contributed by atoms with Crippen molar-refractivity contribution < 1.29 is 14.3 Å². The van der Waals surface area contributed by atoms with Crippen molar-refractivity contribution >= 4 is 34.8 Å². The lowest BCUT2D eigenvalue weighted by Crippen LogP contribution is -2.21. The van der Waals surface area contributed by atoms with Gasteiger partial charge in [0, 0.05) is 5.02 Å². The van der Waals surface area contributed by atoms with Crippen LogP contribution in [-0.2, 0) is 4.79 Å². The molecule has 0 aliphatic rings. The summed E-state index contributed by atoms with van der Waals surface area (Å²) in [7, 11) is 0. The van der Waals surface area contributed by atoms with E-state index < -0.39 is 0 Å². The molecule has 1 N–H and O–H groups in total. The summed E-state index contributed by atoms with van der Waals surface area (Å²) in [4.78, 5) is 12.1. The Hall–Kier alpha value is -1.91. The lowest BCUT2D eigenvalue weighted by atomic mass is 10.2. The predicted molar refractivity (Wildman–Crippen MR) is 92.9 cm³/mol. The fraction of sp³-hybridized carbons (Fsp3) is 0.235. The van der Waals surface area contributed by atoms with Crippen LogP contribution in [0.4, 0.5) is 5.69 Å². The second-order valence-electron chi connectivity index (χ2n) is 4.80. The van der Waals surface area contributed by atoms with E-state index in [9.17, 15) is 4.79 Å². The van der Waals surface area contributed by atoms with Gasteiger partial charge < -0.3 is 14.8 Å². The van der Waals surface area contributed by atoms with Crippen molar-refractivity contribution in [3.05, 3.63) is 52.0 Å². The Morgan fingerprint density at radius 1 is 1.17 bits per heavy atom. The molecule has 0 atom stereocenters. The van der Waals surface area contributed by atoms with Crippen molar-refractivity contribution in [3.63, 3.8) is 0 Å². The van der Waals surface area contributed by atoms with E-state index in [1.807, 2.05) is 13.8 Å². The van der Waals surface area contributed by atoms with Gasteiger partial charge in [0.1, 0.15) is 5.75 Å². The van der Waals surface area contributed by atoms with Crippen LogP contribution in [0.15, 0.2) is 36.4 Å². The van der Waals surface area contributed by atoms with Gasteiger partial charge in [-0.3, -0.25) is 4.79 Å². The Morgan fingerprint density at radius 2 is 1.96 bits per heavy atom. The second-order valence-corrected chi connectivity index (χ2v) is 5.64. The molecule has 0 heterocycles. The molecule has 122 valence electrons. The Bertz CT molecular complexity index is 704. The number of carbonyl (C=O) groups is 1. The summed E-state index contributed by atoms with van der Waals surface area (Å²) in [6.07, 6.45) is 0. The predicted octanol–water partition coefficient (Wildman–Crippen LogP) is 4.72. The summed E-state index contributed by atoms with van der Waals surface area (Å²) in [6, 6.07) is 10.4. The van der Waals surface area contributed by atoms with Crippen molar-refractivity contribution in [2.24, 2.45) is 0 Å². The quantitative estimate of drug-likeness (QED) is 0.817. The number of hydrogen-bond acceptors (Lipinski definition) is 3. The van der Waals surface area contributed by atoms with Crippen molar-refractivity contribution in [3.8, 4) is 11.5 Å². The first-order valence-electron chi connectivity index (χ1n) is 7.11. The standard InChI is InChI=1S/C17H17Cl2NO3/c1-3-22-17-13(19)5-4-6-14(17)20-16(21)10-23-15-8-7-12(18)9-11(15)2/h4-9H,3,10H2,1-2H3,(H,20,21). The number of halogens is 2. The molecule has 2 aromatic carbocycles. The Labute approximate surface area is 145 Å². The molecular formula is C17H17Cl2NO3. The summed E-state index contributed by atoms with van der Waals surface area (Å²) in [5.74, 6) is 0.760. The van der Waals surface area contributed by atoms with E-state index in [1.54, 1.807) is 36.4 Å². The monoisotopic (exact) mass is 353 g/mol. The molecule has 0 aliphatic heterocycles. The van der Waals surface area contributed by atoms with Gasteiger partial charge in [0.25, 0.3) is 5.91 Å². The number of anilines is 1. The van der Waals surface area contributed by atoms with Crippen LogP contribution in [-0.4, -0.2) is 19.1 Å². The van der Waals surface area contributed by atoms with Crippen LogP contribution >= 0.6 is 23.2 Å². The van der Waals surface area contributed by atoms with Gasteiger partial charge >= 0.3 is 0 Å². The third-order valence-electron chi connectivity index (χ3n) is 3.03. The van der Waals surface area contributed by atoms with E-state index in [1.165, 1.54) is 0 Å². The third-order valence-corrected chi connectivity index (χ3v) is 3.56. The van der Waals surface area contributed by atoms with Gasteiger partial charge in [-0.25, -0.2) is 0 Å². The Kier molecular flexibility index (Phi) is 6.13. The number of aryl methyl sites for hydroxylation is 1. The molecule has 0 saturated heterocycles. The van der Waals surface area contributed by atoms with Crippen LogP contribution in [0, 0.1) is 6.92 Å². The van der Waals surface area contributed by atoms with Crippen LogP contribution in [0.3, 0.4) is 0 Å². The number of benzene rings is 2. The number of para-hydroxylation sites is 1. The van der Waals surface area contributed by atoms with Gasteiger partial charge in [-0.2, -0.15) is 0 Å². The molecule has 0 bridgehead atoms. The number of ether oxygens (including phenoxy) is 2. The minimum atomic E-state index is -0.303. The van der Waals surface area contributed by atoms with Gasteiger partial charge in [-0.1, -0.05) is 29.3 Å². The summed E-state index contributed by atoms with van der Waals surface area (Å²) in [6.45, 7) is 4.04. The maximum Gasteiger partial charge on any atom is 0.262 e. The van der Waals surface area contributed by atoms with Crippen molar-refractivity contribution in [2.45, 2.75) is 13.8 Å². The molecule has 2 aromatic rings. The van der Waals surface area contributed by atoms with Crippen LogP contribution in [0.25, 0.3) is 0 Å². The van der Waals surface area contributed by atoms with Crippen LogP contribution in [0.2, 0.25) is 10.0 Å². The molecule has 0 radical (unpaired) electrons. The molecule has 1 amide bonds. The lowest BCUT2D eigenvalue weighted by molar-refractivity contribution is -0.118. The van der Waals surface area contributed by atoms with Crippen molar-refractivity contribution in [1.29, 1.82) is 0 Å². The fourth-order valence-corrected chi connectivity index (χ4v) is 2.46. The summed E-state index contributed by atoms with van der Waals surface area (Å²) < 4.78 is 11.0.